The summed E-state index contributed by atoms with van der Waals surface area (Å²) >= 11 is 4.96. The maximum Gasteiger partial charge on any atom is 0.141 e. The molecule has 0 fully saturated rings. The van der Waals surface area contributed by atoms with E-state index in [1.165, 1.54) is 0 Å². The van der Waals surface area contributed by atoms with Crippen LogP contribution < -0.4 is 5.73 Å². The van der Waals surface area contributed by atoms with Crippen LogP contribution in [-0.4, -0.2) is 37.7 Å². The molecule has 0 atom stereocenters. The molecule has 1 aromatic rings. The second-order valence-electron chi connectivity index (χ2n) is 5.24. The van der Waals surface area contributed by atoms with Crippen LogP contribution in [-0.2, 0) is 13.1 Å². The van der Waals surface area contributed by atoms with E-state index in [1.807, 2.05) is 4.68 Å². The van der Waals surface area contributed by atoms with Crippen LogP contribution in [0.4, 0.5) is 0 Å². The monoisotopic (exact) mass is 283 g/mol. The number of hydrogen-bond donors (Lipinski definition) is 1. The number of rotatable bonds is 9. The highest BCUT2D eigenvalue weighted by molar-refractivity contribution is 7.80. The zero-order valence-corrected chi connectivity index (χ0v) is 13.0. The summed E-state index contributed by atoms with van der Waals surface area (Å²) in [6, 6.07) is 0. The summed E-state index contributed by atoms with van der Waals surface area (Å²) in [4.78, 5) is 7.28. The van der Waals surface area contributed by atoms with Crippen LogP contribution in [0.2, 0.25) is 0 Å². The summed E-state index contributed by atoms with van der Waals surface area (Å²) in [5, 5.41) is 4.26. The van der Waals surface area contributed by atoms with E-state index in [-0.39, 0.29) is 0 Å². The van der Waals surface area contributed by atoms with Crippen molar-refractivity contribution in [2.75, 3.05) is 13.1 Å². The summed E-state index contributed by atoms with van der Waals surface area (Å²) in [6.45, 7) is 10.2. The van der Waals surface area contributed by atoms with E-state index in [0.717, 1.165) is 44.8 Å². The molecule has 0 aliphatic heterocycles. The summed E-state index contributed by atoms with van der Waals surface area (Å²) in [7, 11) is 0. The van der Waals surface area contributed by atoms with Crippen molar-refractivity contribution < 1.29 is 0 Å². The molecular weight excluding hydrogens is 258 g/mol. The van der Waals surface area contributed by atoms with Crippen molar-refractivity contribution in [1.82, 2.24) is 19.7 Å². The molecule has 6 heteroatoms. The van der Waals surface area contributed by atoms with Crippen molar-refractivity contribution in [2.45, 2.75) is 46.7 Å². The van der Waals surface area contributed by atoms with Crippen LogP contribution in [0.1, 0.15) is 39.4 Å². The third-order valence-electron chi connectivity index (χ3n) is 2.79. The Morgan fingerprint density at radius 2 is 2.26 bits per heavy atom. The van der Waals surface area contributed by atoms with E-state index >= 15 is 0 Å². The van der Waals surface area contributed by atoms with Gasteiger partial charge in [-0.1, -0.05) is 33.0 Å². The molecule has 19 heavy (non-hydrogen) atoms. The average molecular weight is 283 g/mol. The number of nitrogens with zero attached hydrogens (tertiary/aromatic N) is 4. The Balaban J connectivity index is 2.64. The van der Waals surface area contributed by atoms with Gasteiger partial charge in [-0.05, 0) is 12.3 Å². The van der Waals surface area contributed by atoms with Gasteiger partial charge < -0.3 is 5.73 Å². The Morgan fingerprint density at radius 1 is 1.53 bits per heavy atom. The van der Waals surface area contributed by atoms with E-state index in [1.54, 1.807) is 6.33 Å². The van der Waals surface area contributed by atoms with Gasteiger partial charge in [0.25, 0.3) is 0 Å². The first-order valence-corrected chi connectivity index (χ1v) is 7.31. The van der Waals surface area contributed by atoms with Gasteiger partial charge in [-0.2, -0.15) is 5.10 Å². The Hall–Kier alpha value is -1.01. The van der Waals surface area contributed by atoms with Crippen molar-refractivity contribution in [3.05, 3.63) is 12.2 Å². The van der Waals surface area contributed by atoms with E-state index in [0.29, 0.717) is 10.9 Å². The maximum atomic E-state index is 5.59. The minimum Gasteiger partial charge on any atom is -0.393 e. The van der Waals surface area contributed by atoms with Crippen LogP contribution in [0.15, 0.2) is 6.33 Å². The van der Waals surface area contributed by atoms with Gasteiger partial charge in [0, 0.05) is 26.1 Å². The lowest BCUT2D eigenvalue weighted by molar-refractivity contribution is 0.232. The predicted octanol–water partition coefficient (Wildman–Crippen LogP) is 1.82. The molecule has 0 radical (unpaired) electrons. The topological polar surface area (TPSA) is 60.0 Å². The fraction of sp³-hybridized carbons (Fsp3) is 0.769. The second kappa shape index (κ2) is 8.22. The molecule has 0 saturated heterocycles. The van der Waals surface area contributed by atoms with Gasteiger partial charge in [-0.25, -0.2) is 9.67 Å². The number of nitrogens with two attached hydrogens (primary N) is 1. The van der Waals surface area contributed by atoms with Gasteiger partial charge in [0.2, 0.25) is 0 Å². The molecule has 0 spiro atoms. The lowest BCUT2D eigenvalue weighted by Crippen LogP contribution is -2.31. The molecule has 5 nitrogen and oxygen atoms in total. The zero-order valence-electron chi connectivity index (χ0n) is 12.2. The molecular formula is C13H25N5S. The van der Waals surface area contributed by atoms with Crippen molar-refractivity contribution >= 4 is 17.2 Å². The first-order chi connectivity index (χ1) is 9.02. The molecule has 0 aliphatic rings. The van der Waals surface area contributed by atoms with Gasteiger partial charge >= 0.3 is 0 Å². The van der Waals surface area contributed by atoms with Crippen LogP contribution >= 0.6 is 12.2 Å². The van der Waals surface area contributed by atoms with Gasteiger partial charge in [0.05, 0.1) is 11.5 Å². The molecule has 0 aromatic carbocycles. The molecule has 0 amide bonds. The Morgan fingerprint density at radius 3 is 2.84 bits per heavy atom. The largest absolute Gasteiger partial charge is 0.393 e. The van der Waals surface area contributed by atoms with Crippen LogP contribution in [0.5, 0.6) is 0 Å². The quantitative estimate of drug-likeness (QED) is 0.701. The van der Waals surface area contributed by atoms with E-state index in [4.69, 9.17) is 18.0 Å². The fourth-order valence-corrected chi connectivity index (χ4v) is 2.12. The van der Waals surface area contributed by atoms with Gasteiger partial charge in [0.1, 0.15) is 12.2 Å². The van der Waals surface area contributed by atoms with Crippen LogP contribution in [0, 0.1) is 5.92 Å². The van der Waals surface area contributed by atoms with Gasteiger partial charge in [0.15, 0.2) is 0 Å². The minimum absolute atomic E-state index is 0.573. The molecule has 1 rings (SSSR count). The van der Waals surface area contributed by atoms with Crippen molar-refractivity contribution in [2.24, 2.45) is 11.7 Å². The van der Waals surface area contributed by atoms with Crippen molar-refractivity contribution in [1.29, 1.82) is 0 Å². The average Bonchev–Trinajstić information content (AvgIpc) is 2.73. The summed E-state index contributed by atoms with van der Waals surface area (Å²) in [6.07, 6.45) is 3.45. The van der Waals surface area contributed by atoms with Gasteiger partial charge in [-0.15, -0.1) is 0 Å². The molecule has 1 heterocycles. The molecule has 0 aliphatic carbocycles. The highest BCUT2D eigenvalue weighted by Gasteiger charge is 2.12. The minimum atomic E-state index is 0.573. The first kappa shape index (κ1) is 16.0. The van der Waals surface area contributed by atoms with Gasteiger partial charge in [-0.3, -0.25) is 4.90 Å². The third kappa shape index (κ3) is 6.11. The fourth-order valence-electron chi connectivity index (χ4n) is 2.03. The Labute approximate surface area is 121 Å². The molecule has 1 aromatic heterocycles. The Kier molecular flexibility index (Phi) is 6.94. The highest BCUT2D eigenvalue weighted by atomic mass is 32.1. The zero-order chi connectivity index (χ0) is 14.3. The lowest BCUT2D eigenvalue weighted by Gasteiger charge is -2.23. The highest BCUT2D eigenvalue weighted by Crippen LogP contribution is 2.07. The standard InChI is InChI=1S/C13H25N5S/c1-4-6-18-13(15-10-16-18)9-17(8-11(2)3)7-5-12(14)19/h10-11H,4-9H2,1-3H3,(H2,14,19). The number of hydrogen-bond acceptors (Lipinski definition) is 4. The van der Waals surface area contributed by atoms with Crippen molar-refractivity contribution in [3.63, 3.8) is 0 Å². The maximum absolute atomic E-state index is 5.59. The number of thiocarbonyl (C=S) groups is 1. The normalized spacial score (nSPS) is 11.4. The van der Waals surface area contributed by atoms with Crippen molar-refractivity contribution in [3.8, 4) is 0 Å². The van der Waals surface area contributed by atoms with E-state index in [2.05, 4.69) is 35.8 Å². The Bertz CT molecular complexity index is 388. The molecule has 108 valence electrons. The van der Waals surface area contributed by atoms with Crippen LogP contribution in [0.25, 0.3) is 0 Å². The third-order valence-corrected chi connectivity index (χ3v) is 3.00. The molecule has 0 bridgehead atoms. The lowest BCUT2D eigenvalue weighted by atomic mass is 10.2. The van der Waals surface area contributed by atoms with Crippen LogP contribution in [0.3, 0.4) is 0 Å². The summed E-state index contributed by atoms with van der Waals surface area (Å²) < 4.78 is 1.98. The second-order valence-corrected chi connectivity index (χ2v) is 5.77. The predicted molar refractivity (Wildman–Crippen MR) is 81.8 cm³/mol. The summed E-state index contributed by atoms with van der Waals surface area (Å²) in [5.41, 5.74) is 5.59. The first-order valence-electron chi connectivity index (χ1n) is 6.90. The molecule has 2 N–H and O–H groups in total. The van der Waals surface area contributed by atoms with E-state index in [9.17, 15) is 0 Å². The summed E-state index contributed by atoms with van der Waals surface area (Å²) in [5.74, 6) is 1.62. The smallest absolute Gasteiger partial charge is 0.141 e. The SMILES string of the molecule is CCCn1ncnc1CN(CCC(N)=S)CC(C)C. The molecule has 0 saturated carbocycles. The number of aromatic nitrogens is 3. The molecule has 0 unspecified atom stereocenters. The number of aryl methyl sites for hydroxylation is 1. The van der Waals surface area contributed by atoms with E-state index < -0.39 is 0 Å².